The van der Waals surface area contributed by atoms with E-state index in [1.54, 1.807) is 30.5 Å². The van der Waals surface area contributed by atoms with E-state index < -0.39 is 12.0 Å². The molecule has 20 heavy (non-hydrogen) atoms. The van der Waals surface area contributed by atoms with Gasteiger partial charge in [-0.2, -0.15) is 0 Å². The van der Waals surface area contributed by atoms with Crippen LogP contribution in [0.5, 0.6) is 0 Å². The van der Waals surface area contributed by atoms with Crippen molar-refractivity contribution in [2.24, 2.45) is 7.05 Å². The summed E-state index contributed by atoms with van der Waals surface area (Å²) in [5.74, 6) is 0.434. The van der Waals surface area contributed by atoms with Gasteiger partial charge in [0.25, 0.3) is 5.91 Å². The number of rotatable bonds is 5. The number of carbonyl (C=O) groups is 1. The van der Waals surface area contributed by atoms with Crippen molar-refractivity contribution >= 4 is 17.5 Å². The molecule has 0 radical (unpaired) electrons. The number of nitrogens with one attached hydrogen (secondary N) is 1. The Hall–Kier alpha value is -1.85. The number of aryl methyl sites for hydroxylation is 1. The molecule has 0 saturated heterocycles. The lowest BCUT2D eigenvalue weighted by Gasteiger charge is -2.12. The molecule has 0 unspecified atom stereocenters. The topological polar surface area (TPSA) is 67.2 Å². The van der Waals surface area contributed by atoms with Crippen LogP contribution in [0.4, 0.5) is 0 Å². The van der Waals surface area contributed by atoms with Crippen LogP contribution >= 0.6 is 11.6 Å². The maximum absolute atomic E-state index is 11.8. The number of hydrogen-bond acceptors (Lipinski definition) is 3. The summed E-state index contributed by atoms with van der Waals surface area (Å²) in [6.45, 7) is 0.418. The van der Waals surface area contributed by atoms with E-state index in [9.17, 15) is 9.90 Å². The fourth-order valence-corrected chi connectivity index (χ4v) is 2.06. The minimum absolute atomic E-state index is 0.418. The minimum Gasteiger partial charge on any atom is -0.378 e. The molecule has 1 heterocycles. The van der Waals surface area contributed by atoms with Gasteiger partial charge < -0.3 is 15.0 Å². The molecule has 1 aromatic heterocycles. The lowest BCUT2D eigenvalue weighted by atomic mass is 10.1. The first-order chi connectivity index (χ1) is 9.58. The fraction of sp³-hybridized carbons (Fsp3) is 0.286. The van der Waals surface area contributed by atoms with Crippen LogP contribution in [-0.4, -0.2) is 27.1 Å². The van der Waals surface area contributed by atoms with E-state index in [1.165, 1.54) is 0 Å². The van der Waals surface area contributed by atoms with Gasteiger partial charge >= 0.3 is 0 Å². The summed E-state index contributed by atoms with van der Waals surface area (Å²) in [6, 6.07) is 6.62. The molecule has 2 N–H and O–H groups in total. The Kier molecular flexibility index (Phi) is 4.76. The molecular formula is C14H16ClN3O2. The number of nitrogens with zero attached hydrogens (tertiary/aromatic N) is 2. The second-order valence-corrected chi connectivity index (χ2v) is 4.89. The quantitative estimate of drug-likeness (QED) is 0.877. The van der Waals surface area contributed by atoms with Crippen molar-refractivity contribution in [3.05, 3.63) is 53.1 Å². The molecule has 1 aromatic carbocycles. The monoisotopic (exact) mass is 293 g/mol. The SMILES string of the molecule is Cn1ccnc1CCNC(=O)[C@@H](O)c1cccc(Cl)c1. The van der Waals surface area contributed by atoms with Crippen molar-refractivity contribution in [2.45, 2.75) is 12.5 Å². The lowest BCUT2D eigenvalue weighted by Crippen LogP contribution is -2.31. The van der Waals surface area contributed by atoms with Gasteiger partial charge in [0.15, 0.2) is 6.10 Å². The van der Waals surface area contributed by atoms with Crippen molar-refractivity contribution in [1.82, 2.24) is 14.9 Å². The van der Waals surface area contributed by atoms with Gasteiger partial charge in [-0.05, 0) is 17.7 Å². The third kappa shape index (κ3) is 3.59. The molecule has 1 amide bonds. The highest BCUT2D eigenvalue weighted by molar-refractivity contribution is 6.30. The van der Waals surface area contributed by atoms with Crippen LogP contribution in [0.2, 0.25) is 5.02 Å². The van der Waals surface area contributed by atoms with Crippen LogP contribution in [0.15, 0.2) is 36.7 Å². The average molecular weight is 294 g/mol. The van der Waals surface area contributed by atoms with E-state index in [-0.39, 0.29) is 0 Å². The molecule has 0 fully saturated rings. The Bertz CT molecular complexity index is 598. The van der Waals surface area contributed by atoms with Gasteiger partial charge in [-0.1, -0.05) is 23.7 Å². The molecule has 5 nitrogen and oxygen atoms in total. The normalized spacial score (nSPS) is 12.2. The smallest absolute Gasteiger partial charge is 0.253 e. The highest BCUT2D eigenvalue weighted by atomic mass is 35.5. The van der Waals surface area contributed by atoms with E-state index in [4.69, 9.17) is 11.6 Å². The predicted molar refractivity (Wildman–Crippen MR) is 76.3 cm³/mol. The maximum Gasteiger partial charge on any atom is 0.253 e. The summed E-state index contributed by atoms with van der Waals surface area (Å²) in [5.41, 5.74) is 0.479. The highest BCUT2D eigenvalue weighted by Gasteiger charge is 2.17. The first-order valence-electron chi connectivity index (χ1n) is 6.25. The summed E-state index contributed by atoms with van der Waals surface area (Å²) in [5, 5.41) is 13.1. The van der Waals surface area contributed by atoms with Gasteiger partial charge in [0.05, 0.1) is 0 Å². The zero-order chi connectivity index (χ0) is 14.5. The molecule has 0 spiro atoms. The second-order valence-electron chi connectivity index (χ2n) is 4.45. The van der Waals surface area contributed by atoms with Crippen molar-refractivity contribution in [1.29, 1.82) is 0 Å². The van der Waals surface area contributed by atoms with Crippen molar-refractivity contribution < 1.29 is 9.90 Å². The summed E-state index contributed by atoms with van der Waals surface area (Å²) >= 11 is 5.83. The number of benzene rings is 1. The van der Waals surface area contributed by atoms with Crippen LogP contribution in [0.25, 0.3) is 0 Å². The Balaban J connectivity index is 1.87. The standard InChI is InChI=1S/C14H16ClN3O2/c1-18-8-7-16-12(18)5-6-17-14(20)13(19)10-3-2-4-11(15)9-10/h2-4,7-9,13,19H,5-6H2,1H3,(H,17,20)/t13-/m0/s1. The van der Waals surface area contributed by atoms with Gasteiger partial charge in [-0.3, -0.25) is 4.79 Å². The van der Waals surface area contributed by atoms with Crippen molar-refractivity contribution in [3.8, 4) is 0 Å². The van der Waals surface area contributed by atoms with Crippen LogP contribution < -0.4 is 5.32 Å². The first kappa shape index (κ1) is 14.6. The molecular weight excluding hydrogens is 278 g/mol. The number of aliphatic hydroxyl groups is 1. The van der Waals surface area contributed by atoms with Gasteiger partial charge in [0, 0.05) is 37.4 Å². The summed E-state index contributed by atoms with van der Waals surface area (Å²) in [6.07, 6.45) is 2.95. The van der Waals surface area contributed by atoms with E-state index in [0.717, 1.165) is 5.82 Å². The summed E-state index contributed by atoms with van der Waals surface area (Å²) in [4.78, 5) is 16.0. The number of amides is 1. The molecule has 0 aliphatic rings. The Morgan fingerprint density at radius 2 is 2.35 bits per heavy atom. The lowest BCUT2D eigenvalue weighted by molar-refractivity contribution is -0.129. The first-order valence-corrected chi connectivity index (χ1v) is 6.63. The summed E-state index contributed by atoms with van der Waals surface area (Å²) in [7, 11) is 1.89. The fourth-order valence-electron chi connectivity index (χ4n) is 1.86. The molecule has 106 valence electrons. The third-order valence-electron chi connectivity index (χ3n) is 2.98. The number of imidazole rings is 1. The van der Waals surface area contributed by atoms with E-state index >= 15 is 0 Å². The largest absolute Gasteiger partial charge is 0.378 e. The molecule has 6 heteroatoms. The Morgan fingerprint density at radius 1 is 1.55 bits per heavy atom. The Morgan fingerprint density at radius 3 is 3.00 bits per heavy atom. The predicted octanol–water partition coefficient (Wildman–Crippen LogP) is 1.47. The third-order valence-corrected chi connectivity index (χ3v) is 3.22. The number of aromatic nitrogens is 2. The minimum atomic E-state index is -1.21. The molecule has 0 bridgehead atoms. The molecule has 0 aliphatic heterocycles. The highest BCUT2D eigenvalue weighted by Crippen LogP contribution is 2.17. The average Bonchev–Trinajstić information content (AvgIpc) is 2.83. The van der Waals surface area contributed by atoms with Gasteiger partial charge in [0.1, 0.15) is 5.82 Å². The molecule has 2 aromatic rings. The molecule has 0 aliphatic carbocycles. The van der Waals surface area contributed by atoms with Crippen molar-refractivity contribution in [3.63, 3.8) is 0 Å². The zero-order valence-corrected chi connectivity index (χ0v) is 11.8. The van der Waals surface area contributed by atoms with Crippen LogP contribution in [0.3, 0.4) is 0 Å². The second kappa shape index (κ2) is 6.54. The number of aliphatic hydroxyl groups excluding tert-OH is 1. The van der Waals surface area contributed by atoms with E-state index in [2.05, 4.69) is 10.3 Å². The number of halogens is 1. The zero-order valence-electron chi connectivity index (χ0n) is 11.1. The molecule has 2 rings (SSSR count). The van der Waals surface area contributed by atoms with Crippen LogP contribution in [0, 0.1) is 0 Å². The van der Waals surface area contributed by atoms with Gasteiger partial charge in [-0.25, -0.2) is 4.98 Å². The van der Waals surface area contributed by atoms with E-state index in [0.29, 0.717) is 23.6 Å². The van der Waals surface area contributed by atoms with Gasteiger partial charge in [0.2, 0.25) is 0 Å². The van der Waals surface area contributed by atoms with Crippen LogP contribution in [0.1, 0.15) is 17.5 Å². The van der Waals surface area contributed by atoms with Gasteiger partial charge in [-0.15, -0.1) is 0 Å². The van der Waals surface area contributed by atoms with Crippen molar-refractivity contribution in [2.75, 3.05) is 6.54 Å². The number of hydrogen-bond donors (Lipinski definition) is 2. The maximum atomic E-state index is 11.8. The van der Waals surface area contributed by atoms with E-state index in [1.807, 2.05) is 17.8 Å². The molecule has 0 saturated carbocycles. The van der Waals surface area contributed by atoms with Crippen LogP contribution in [-0.2, 0) is 18.3 Å². The summed E-state index contributed by atoms with van der Waals surface area (Å²) < 4.78 is 1.89. The number of carbonyl (C=O) groups excluding carboxylic acids is 1. The Labute approximate surface area is 122 Å². The molecule has 1 atom stereocenters.